The molecule has 5 heteroatoms. The number of hydrogen-bond acceptors (Lipinski definition) is 3. The predicted octanol–water partition coefficient (Wildman–Crippen LogP) is 3.36. The molecule has 2 rings (SSSR count). The van der Waals surface area contributed by atoms with Crippen molar-refractivity contribution in [3.05, 3.63) is 28.7 Å². The molecular formula is C13H15ClN2O2. The molecule has 18 heavy (non-hydrogen) atoms. The molecule has 0 amide bonds. The molecule has 2 aromatic rings. The van der Waals surface area contributed by atoms with E-state index in [0.29, 0.717) is 5.28 Å². The number of benzene rings is 1. The van der Waals surface area contributed by atoms with Gasteiger partial charge in [-0.05, 0) is 43.1 Å². The number of nitrogens with one attached hydrogen (secondary N) is 1. The van der Waals surface area contributed by atoms with Crippen LogP contribution < -0.4 is 9.47 Å². The monoisotopic (exact) mass is 266 g/mol. The van der Waals surface area contributed by atoms with E-state index in [9.17, 15) is 0 Å². The van der Waals surface area contributed by atoms with E-state index in [-0.39, 0.29) is 0 Å². The van der Waals surface area contributed by atoms with Gasteiger partial charge in [0.1, 0.15) is 11.5 Å². The largest absolute Gasteiger partial charge is 0.496 e. The molecule has 0 saturated carbocycles. The summed E-state index contributed by atoms with van der Waals surface area (Å²) < 4.78 is 10.7. The van der Waals surface area contributed by atoms with E-state index in [1.54, 1.807) is 14.2 Å². The van der Waals surface area contributed by atoms with E-state index in [4.69, 9.17) is 21.1 Å². The highest BCUT2D eigenvalue weighted by atomic mass is 35.5. The Morgan fingerprint density at radius 3 is 2.28 bits per heavy atom. The van der Waals surface area contributed by atoms with Crippen LogP contribution in [-0.2, 0) is 0 Å². The number of halogens is 1. The quantitative estimate of drug-likeness (QED) is 0.927. The summed E-state index contributed by atoms with van der Waals surface area (Å²) in [4.78, 5) is 7.24. The van der Waals surface area contributed by atoms with E-state index in [2.05, 4.69) is 9.97 Å². The smallest absolute Gasteiger partial charge is 0.200 e. The number of rotatable bonds is 3. The van der Waals surface area contributed by atoms with E-state index < -0.39 is 0 Å². The predicted molar refractivity (Wildman–Crippen MR) is 71.6 cm³/mol. The minimum atomic E-state index is 0.365. The second-order valence-corrected chi connectivity index (χ2v) is 4.38. The third-order valence-electron chi connectivity index (χ3n) is 2.83. The number of ether oxygens (including phenoxy) is 2. The van der Waals surface area contributed by atoms with Gasteiger partial charge in [-0.15, -0.1) is 0 Å². The molecule has 0 fully saturated rings. The number of aromatic amines is 1. The number of hydrogen-bond donors (Lipinski definition) is 1. The van der Waals surface area contributed by atoms with Crippen molar-refractivity contribution in [2.24, 2.45) is 0 Å². The molecule has 0 spiro atoms. The first kappa shape index (κ1) is 12.8. The zero-order valence-corrected chi connectivity index (χ0v) is 11.6. The molecule has 1 N–H and O–H groups in total. The number of aryl methyl sites for hydroxylation is 2. The standard InChI is InChI=1S/C13H15ClN2O2/c1-7-5-11(18-4)9(6-10(7)17-3)12-8(2)15-13(14)16-12/h5-6H,1-4H3,(H,15,16). The van der Waals surface area contributed by atoms with Crippen LogP contribution in [0.1, 0.15) is 11.3 Å². The van der Waals surface area contributed by atoms with Crippen molar-refractivity contribution in [2.45, 2.75) is 13.8 Å². The third-order valence-corrected chi connectivity index (χ3v) is 3.01. The Morgan fingerprint density at radius 2 is 1.78 bits per heavy atom. The van der Waals surface area contributed by atoms with Gasteiger partial charge < -0.3 is 14.5 Å². The van der Waals surface area contributed by atoms with Gasteiger partial charge in [0.05, 0.1) is 19.9 Å². The Morgan fingerprint density at radius 1 is 1.11 bits per heavy atom. The molecule has 0 unspecified atom stereocenters. The molecule has 0 aliphatic heterocycles. The Kier molecular flexibility index (Phi) is 3.48. The molecule has 1 heterocycles. The SMILES string of the molecule is COc1cc(-c2nc(Cl)[nH]c2C)c(OC)cc1C. The number of methoxy groups -OCH3 is 2. The van der Waals surface area contributed by atoms with Gasteiger partial charge in [0.2, 0.25) is 5.28 Å². The van der Waals surface area contributed by atoms with Crippen molar-refractivity contribution < 1.29 is 9.47 Å². The van der Waals surface area contributed by atoms with Crippen molar-refractivity contribution in [3.8, 4) is 22.8 Å². The van der Waals surface area contributed by atoms with E-state index in [1.807, 2.05) is 26.0 Å². The maximum Gasteiger partial charge on any atom is 0.200 e. The summed E-state index contributed by atoms with van der Waals surface area (Å²) in [6.45, 7) is 3.88. The van der Waals surface area contributed by atoms with Gasteiger partial charge in [0.25, 0.3) is 0 Å². The summed E-state index contributed by atoms with van der Waals surface area (Å²) in [7, 11) is 3.28. The number of H-pyrrole nitrogens is 1. The van der Waals surface area contributed by atoms with Crippen molar-refractivity contribution in [1.82, 2.24) is 9.97 Å². The van der Waals surface area contributed by atoms with E-state index >= 15 is 0 Å². The Balaban J connectivity index is 2.65. The van der Waals surface area contributed by atoms with Gasteiger partial charge in [-0.25, -0.2) is 4.98 Å². The fourth-order valence-electron chi connectivity index (χ4n) is 1.92. The zero-order chi connectivity index (χ0) is 13.3. The highest BCUT2D eigenvalue weighted by Crippen LogP contribution is 2.36. The van der Waals surface area contributed by atoms with Crippen LogP contribution in [0, 0.1) is 13.8 Å². The van der Waals surface area contributed by atoms with Crippen molar-refractivity contribution >= 4 is 11.6 Å². The summed E-state index contributed by atoms with van der Waals surface area (Å²) in [5.41, 5.74) is 3.54. The van der Waals surface area contributed by atoms with Gasteiger partial charge in [-0.1, -0.05) is 0 Å². The Bertz CT molecular complexity index is 579. The lowest BCUT2D eigenvalue weighted by atomic mass is 10.1. The molecule has 96 valence electrons. The lowest BCUT2D eigenvalue weighted by molar-refractivity contribution is 0.401. The third kappa shape index (κ3) is 2.16. The average molecular weight is 267 g/mol. The lowest BCUT2D eigenvalue weighted by Gasteiger charge is -2.12. The highest BCUT2D eigenvalue weighted by Gasteiger charge is 2.15. The number of imidazole rings is 1. The average Bonchev–Trinajstić information content (AvgIpc) is 2.68. The molecule has 0 aliphatic rings. The molecule has 0 bridgehead atoms. The summed E-state index contributed by atoms with van der Waals surface area (Å²) >= 11 is 5.88. The van der Waals surface area contributed by atoms with Crippen molar-refractivity contribution in [1.29, 1.82) is 0 Å². The molecule has 0 aliphatic carbocycles. The Hall–Kier alpha value is -1.68. The minimum absolute atomic E-state index is 0.365. The Labute approximate surface area is 111 Å². The maximum atomic E-state index is 5.88. The first-order valence-electron chi connectivity index (χ1n) is 5.52. The minimum Gasteiger partial charge on any atom is -0.496 e. The topological polar surface area (TPSA) is 47.1 Å². The maximum absolute atomic E-state index is 5.88. The summed E-state index contributed by atoms with van der Waals surface area (Å²) in [6, 6.07) is 3.84. The van der Waals surface area contributed by atoms with Gasteiger partial charge in [-0.2, -0.15) is 0 Å². The number of nitrogens with zero attached hydrogens (tertiary/aromatic N) is 1. The van der Waals surface area contributed by atoms with Gasteiger partial charge in [0, 0.05) is 11.3 Å². The van der Waals surface area contributed by atoms with Crippen LogP contribution in [0.3, 0.4) is 0 Å². The van der Waals surface area contributed by atoms with Gasteiger partial charge >= 0.3 is 0 Å². The molecule has 0 atom stereocenters. The van der Waals surface area contributed by atoms with Crippen molar-refractivity contribution in [2.75, 3.05) is 14.2 Å². The molecular weight excluding hydrogens is 252 g/mol. The van der Waals surface area contributed by atoms with E-state index in [1.165, 1.54) is 0 Å². The normalized spacial score (nSPS) is 10.5. The van der Waals surface area contributed by atoms with Gasteiger partial charge in [-0.3, -0.25) is 0 Å². The second-order valence-electron chi connectivity index (χ2n) is 4.02. The van der Waals surface area contributed by atoms with Crippen LogP contribution >= 0.6 is 11.6 Å². The van der Waals surface area contributed by atoms with Crippen LogP contribution in [0.4, 0.5) is 0 Å². The fraction of sp³-hybridized carbons (Fsp3) is 0.308. The summed E-state index contributed by atoms with van der Waals surface area (Å²) in [6.07, 6.45) is 0. The van der Waals surface area contributed by atoms with Crippen LogP contribution in [0.2, 0.25) is 5.28 Å². The van der Waals surface area contributed by atoms with Crippen LogP contribution in [-0.4, -0.2) is 24.2 Å². The summed E-state index contributed by atoms with van der Waals surface area (Å²) in [5.74, 6) is 1.55. The molecule has 0 saturated heterocycles. The number of aromatic nitrogens is 2. The van der Waals surface area contributed by atoms with Gasteiger partial charge in [0.15, 0.2) is 0 Å². The van der Waals surface area contributed by atoms with Crippen molar-refractivity contribution in [3.63, 3.8) is 0 Å². The fourth-order valence-corrected chi connectivity index (χ4v) is 2.15. The molecule has 1 aromatic heterocycles. The van der Waals surface area contributed by atoms with Crippen LogP contribution in [0.25, 0.3) is 11.3 Å². The van der Waals surface area contributed by atoms with Crippen LogP contribution in [0.15, 0.2) is 12.1 Å². The highest BCUT2D eigenvalue weighted by molar-refractivity contribution is 6.28. The van der Waals surface area contributed by atoms with E-state index in [0.717, 1.165) is 34.0 Å². The zero-order valence-electron chi connectivity index (χ0n) is 10.8. The molecule has 1 aromatic carbocycles. The summed E-state index contributed by atoms with van der Waals surface area (Å²) in [5, 5.41) is 0.365. The van der Waals surface area contributed by atoms with Crippen LogP contribution in [0.5, 0.6) is 11.5 Å². The molecule has 4 nitrogen and oxygen atoms in total. The second kappa shape index (κ2) is 4.90. The first-order valence-corrected chi connectivity index (χ1v) is 5.89. The molecule has 0 radical (unpaired) electrons. The first-order chi connectivity index (χ1) is 8.56. The lowest BCUT2D eigenvalue weighted by Crippen LogP contribution is -1.94.